The summed E-state index contributed by atoms with van der Waals surface area (Å²) in [4.78, 5) is 9.11. The van der Waals surface area contributed by atoms with Crippen LogP contribution < -0.4 is 19.5 Å². The summed E-state index contributed by atoms with van der Waals surface area (Å²) in [5, 5.41) is 3.33. The van der Waals surface area contributed by atoms with Crippen LogP contribution in [-0.2, 0) is 0 Å². The Hall–Kier alpha value is -2.96. The van der Waals surface area contributed by atoms with Crippen LogP contribution in [0.5, 0.6) is 17.2 Å². The van der Waals surface area contributed by atoms with E-state index in [-0.39, 0.29) is 0 Å². The van der Waals surface area contributed by atoms with Crippen molar-refractivity contribution in [2.45, 2.75) is 13.3 Å². The Balaban J connectivity index is 2.15. The highest BCUT2D eigenvalue weighted by atomic mass is 16.5. The molecule has 0 saturated heterocycles. The molecule has 0 atom stereocenters. The average molecular weight is 342 g/mol. The first-order chi connectivity index (χ1) is 12.2. The lowest BCUT2D eigenvalue weighted by Gasteiger charge is -2.15. The summed E-state index contributed by atoms with van der Waals surface area (Å²) in [5.74, 6) is 2.49. The fourth-order valence-electron chi connectivity index (χ4n) is 2.66. The van der Waals surface area contributed by atoms with Gasteiger partial charge in [0.1, 0.15) is 0 Å². The van der Waals surface area contributed by atoms with Gasteiger partial charge in [-0.25, -0.2) is 9.97 Å². The SMILES string of the molecule is CCCNc1nc(-c2cc(OC)c(OC)c(OC)c2)cn2ccnc12. The van der Waals surface area contributed by atoms with Gasteiger partial charge < -0.3 is 23.9 Å². The zero-order valence-electron chi connectivity index (χ0n) is 14.9. The fourth-order valence-corrected chi connectivity index (χ4v) is 2.66. The summed E-state index contributed by atoms with van der Waals surface area (Å²) in [5.41, 5.74) is 2.44. The van der Waals surface area contributed by atoms with Gasteiger partial charge in [0.2, 0.25) is 5.75 Å². The summed E-state index contributed by atoms with van der Waals surface area (Å²) in [6.07, 6.45) is 6.59. The third kappa shape index (κ3) is 3.17. The predicted molar refractivity (Wildman–Crippen MR) is 96.9 cm³/mol. The molecule has 0 saturated carbocycles. The van der Waals surface area contributed by atoms with Crippen molar-refractivity contribution in [3.05, 3.63) is 30.7 Å². The lowest BCUT2D eigenvalue weighted by molar-refractivity contribution is 0.324. The van der Waals surface area contributed by atoms with Crippen LogP contribution in [0.15, 0.2) is 30.7 Å². The summed E-state index contributed by atoms with van der Waals surface area (Å²) in [7, 11) is 4.78. The Morgan fingerprint density at radius 1 is 1.08 bits per heavy atom. The van der Waals surface area contributed by atoms with Gasteiger partial charge in [-0.15, -0.1) is 0 Å². The molecule has 25 heavy (non-hydrogen) atoms. The van der Waals surface area contributed by atoms with E-state index in [9.17, 15) is 0 Å². The second-order valence-electron chi connectivity index (χ2n) is 5.47. The molecular formula is C18H22N4O3. The molecule has 3 aromatic rings. The van der Waals surface area contributed by atoms with Gasteiger partial charge in [0, 0.05) is 30.7 Å². The molecule has 3 rings (SSSR count). The molecule has 0 aliphatic rings. The molecule has 0 fully saturated rings. The minimum atomic E-state index is 0.557. The number of anilines is 1. The van der Waals surface area contributed by atoms with Gasteiger partial charge in [0.05, 0.1) is 27.0 Å². The number of hydrogen-bond donors (Lipinski definition) is 1. The Morgan fingerprint density at radius 2 is 1.80 bits per heavy atom. The van der Waals surface area contributed by atoms with Gasteiger partial charge in [-0.3, -0.25) is 0 Å². The van der Waals surface area contributed by atoms with Crippen LogP contribution in [0, 0.1) is 0 Å². The van der Waals surface area contributed by atoms with Crippen molar-refractivity contribution in [2.75, 3.05) is 33.2 Å². The van der Waals surface area contributed by atoms with Crippen LogP contribution >= 0.6 is 0 Å². The van der Waals surface area contributed by atoms with Crippen molar-refractivity contribution in [3.63, 3.8) is 0 Å². The molecule has 2 aromatic heterocycles. The maximum Gasteiger partial charge on any atom is 0.203 e. The van der Waals surface area contributed by atoms with Crippen LogP contribution in [0.3, 0.4) is 0 Å². The Kier molecular flexibility index (Phi) is 4.92. The van der Waals surface area contributed by atoms with Gasteiger partial charge in [0.25, 0.3) is 0 Å². The summed E-state index contributed by atoms with van der Waals surface area (Å²) < 4.78 is 18.2. The number of benzene rings is 1. The van der Waals surface area contributed by atoms with Crippen LogP contribution in [0.2, 0.25) is 0 Å². The first kappa shape index (κ1) is 16.9. The quantitative estimate of drug-likeness (QED) is 0.711. The number of rotatable bonds is 7. The second-order valence-corrected chi connectivity index (χ2v) is 5.47. The Labute approximate surface area is 146 Å². The van der Waals surface area contributed by atoms with E-state index in [1.54, 1.807) is 27.5 Å². The lowest BCUT2D eigenvalue weighted by atomic mass is 10.1. The van der Waals surface area contributed by atoms with Gasteiger partial charge in [-0.05, 0) is 18.6 Å². The molecule has 7 nitrogen and oxygen atoms in total. The Morgan fingerprint density at radius 3 is 2.40 bits per heavy atom. The molecule has 1 aromatic carbocycles. The largest absolute Gasteiger partial charge is 0.493 e. The lowest BCUT2D eigenvalue weighted by Crippen LogP contribution is -2.05. The van der Waals surface area contributed by atoms with E-state index in [0.717, 1.165) is 35.7 Å². The van der Waals surface area contributed by atoms with Crippen molar-refractivity contribution in [3.8, 4) is 28.5 Å². The minimum Gasteiger partial charge on any atom is -0.493 e. The molecule has 0 radical (unpaired) electrons. The molecule has 0 spiro atoms. The topological polar surface area (TPSA) is 69.9 Å². The van der Waals surface area contributed by atoms with E-state index in [1.807, 2.05) is 28.9 Å². The number of ether oxygens (including phenoxy) is 3. The molecule has 2 heterocycles. The van der Waals surface area contributed by atoms with Crippen LogP contribution in [0.4, 0.5) is 5.82 Å². The number of imidazole rings is 1. The molecule has 7 heteroatoms. The average Bonchev–Trinajstić information content (AvgIpc) is 3.13. The summed E-state index contributed by atoms with van der Waals surface area (Å²) in [6, 6.07) is 3.77. The molecule has 0 amide bonds. The zero-order valence-corrected chi connectivity index (χ0v) is 14.9. The minimum absolute atomic E-state index is 0.557. The molecule has 1 N–H and O–H groups in total. The van der Waals surface area contributed by atoms with Gasteiger partial charge in [-0.1, -0.05) is 6.92 Å². The number of fused-ring (bicyclic) bond motifs is 1. The molecular weight excluding hydrogens is 320 g/mol. The summed E-state index contributed by atoms with van der Waals surface area (Å²) >= 11 is 0. The van der Waals surface area contributed by atoms with E-state index in [0.29, 0.717) is 17.2 Å². The van der Waals surface area contributed by atoms with Gasteiger partial charge >= 0.3 is 0 Å². The fraction of sp³-hybridized carbons (Fsp3) is 0.333. The monoisotopic (exact) mass is 342 g/mol. The van der Waals surface area contributed by atoms with Crippen molar-refractivity contribution in [1.29, 1.82) is 0 Å². The first-order valence-corrected chi connectivity index (χ1v) is 8.09. The maximum atomic E-state index is 5.44. The maximum absolute atomic E-state index is 5.44. The predicted octanol–water partition coefficient (Wildman–Crippen LogP) is 3.24. The van der Waals surface area contributed by atoms with Crippen molar-refractivity contribution in [1.82, 2.24) is 14.4 Å². The molecule has 0 aliphatic heterocycles. The molecule has 0 aliphatic carbocycles. The van der Waals surface area contributed by atoms with Gasteiger partial charge in [0.15, 0.2) is 23.0 Å². The Bertz CT molecular complexity index is 851. The molecule has 0 bridgehead atoms. The van der Waals surface area contributed by atoms with Crippen molar-refractivity contribution < 1.29 is 14.2 Å². The van der Waals surface area contributed by atoms with E-state index in [1.165, 1.54) is 0 Å². The summed E-state index contributed by atoms with van der Waals surface area (Å²) in [6.45, 7) is 2.94. The molecule has 132 valence electrons. The van der Waals surface area contributed by atoms with Crippen LogP contribution in [-0.4, -0.2) is 42.2 Å². The first-order valence-electron chi connectivity index (χ1n) is 8.09. The van der Waals surface area contributed by atoms with E-state index in [4.69, 9.17) is 19.2 Å². The van der Waals surface area contributed by atoms with Crippen molar-refractivity contribution in [2.24, 2.45) is 0 Å². The van der Waals surface area contributed by atoms with Gasteiger partial charge in [-0.2, -0.15) is 0 Å². The van der Waals surface area contributed by atoms with Crippen LogP contribution in [0.25, 0.3) is 16.9 Å². The second kappa shape index (κ2) is 7.29. The van der Waals surface area contributed by atoms with Crippen LogP contribution in [0.1, 0.15) is 13.3 Å². The van der Waals surface area contributed by atoms with E-state index in [2.05, 4.69) is 17.2 Å². The van der Waals surface area contributed by atoms with Crippen molar-refractivity contribution >= 4 is 11.5 Å². The standard InChI is InChI=1S/C18H22N4O3/c1-5-6-19-17-18-20-7-8-22(18)11-13(21-17)12-9-14(23-2)16(25-4)15(10-12)24-3/h7-11H,5-6H2,1-4H3,(H,19,21). The number of methoxy groups -OCH3 is 3. The number of nitrogens with one attached hydrogen (secondary N) is 1. The number of nitrogens with zero attached hydrogens (tertiary/aromatic N) is 3. The molecule has 0 unspecified atom stereocenters. The smallest absolute Gasteiger partial charge is 0.203 e. The van der Waals surface area contributed by atoms with E-state index < -0.39 is 0 Å². The third-order valence-corrected chi connectivity index (χ3v) is 3.88. The third-order valence-electron chi connectivity index (χ3n) is 3.88. The zero-order chi connectivity index (χ0) is 17.8. The highest BCUT2D eigenvalue weighted by molar-refractivity contribution is 5.72. The number of aromatic nitrogens is 3. The highest BCUT2D eigenvalue weighted by Crippen LogP contribution is 2.41. The highest BCUT2D eigenvalue weighted by Gasteiger charge is 2.16. The number of hydrogen-bond acceptors (Lipinski definition) is 6. The van der Waals surface area contributed by atoms with E-state index >= 15 is 0 Å². The normalized spacial score (nSPS) is 10.7.